The number of hydrogen-bond donors (Lipinski definition) is 1. The predicted octanol–water partition coefficient (Wildman–Crippen LogP) is 4.92. The third-order valence-electron chi connectivity index (χ3n) is 7.71. The fraction of sp³-hybridized carbons (Fsp3) is 0.250. The maximum absolute atomic E-state index is 13.9. The molecular formula is C28H22Cl2N2O3. The fourth-order valence-electron chi connectivity index (χ4n) is 6.07. The van der Waals surface area contributed by atoms with E-state index in [-0.39, 0.29) is 0 Å². The number of carbonyl (C=O) groups excluding carboxylic acids is 3. The summed E-state index contributed by atoms with van der Waals surface area (Å²) >= 11 is 14.8. The van der Waals surface area contributed by atoms with Gasteiger partial charge >= 0.3 is 0 Å². The molecule has 3 atom stereocenters. The summed E-state index contributed by atoms with van der Waals surface area (Å²) in [4.78, 5) is 39.5. The van der Waals surface area contributed by atoms with Crippen molar-refractivity contribution in [1.29, 1.82) is 0 Å². The normalized spacial score (nSPS) is 28.9. The van der Waals surface area contributed by atoms with Gasteiger partial charge in [0, 0.05) is 5.69 Å². The van der Waals surface area contributed by atoms with Gasteiger partial charge in [-0.3, -0.25) is 19.3 Å². The quantitative estimate of drug-likeness (QED) is 0.406. The summed E-state index contributed by atoms with van der Waals surface area (Å²) in [5, 5.41) is 2.81. The Kier molecular flexibility index (Phi) is 4.73. The largest absolute Gasteiger partial charge is 0.324 e. The number of carbonyl (C=O) groups is 3. The Balaban J connectivity index is 1.45. The van der Waals surface area contributed by atoms with Gasteiger partial charge in [-0.25, -0.2) is 0 Å². The van der Waals surface area contributed by atoms with Gasteiger partial charge in [-0.2, -0.15) is 0 Å². The van der Waals surface area contributed by atoms with Crippen LogP contribution in [-0.4, -0.2) is 28.7 Å². The summed E-state index contributed by atoms with van der Waals surface area (Å²) in [6, 6.07) is 21.2. The summed E-state index contributed by atoms with van der Waals surface area (Å²) in [7, 11) is 0. The molecule has 0 radical (unpaired) electrons. The number of aryl methyl sites for hydroxylation is 1. The Morgan fingerprint density at radius 1 is 0.800 bits per heavy atom. The van der Waals surface area contributed by atoms with Crippen LogP contribution in [-0.2, 0) is 24.1 Å². The molecule has 3 aromatic rings. The smallest absolute Gasteiger partial charge is 0.247 e. The molecule has 3 aromatic carbocycles. The predicted molar refractivity (Wildman–Crippen MR) is 134 cm³/mol. The van der Waals surface area contributed by atoms with Crippen molar-refractivity contribution < 1.29 is 14.4 Å². The molecule has 35 heavy (non-hydrogen) atoms. The molecule has 1 N–H and O–H groups in total. The van der Waals surface area contributed by atoms with E-state index in [0.717, 1.165) is 32.7 Å². The second-order valence-corrected chi connectivity index (χ2v) is 10.7. The number of rotatable bonds is 3. The Hall–Kier alpha value is -3.15. The number of nitrogens with one attached hydrogen (secondary N) is 1. The molecule has 2 bridgehead atoms. The van der Waals surface area contributed by atoms with Crippen LogP contribution < -0.4 is 5.32 Å². The van der Waals surface area contributed by atoms with Crippen LogP contribution in [0.5, 0.6) is 0 Å². The Morgan fingerprint density at radius 2 is 1.20 bits per heavy atom. The first kappa shape index (κ1) is 22.3. The molecule has 0 saturated carbocycles. The summed E-state index contributed by atoms with van der Waals surface area (Å²) in [6.45, 7) is 3.51. The highest BCUT2D eigenvalue weighted by atomic mass is 35.5. The highest BCUT2D eigenvalue weighted by Gasteiger charge is 2.73. The third kappa shape index (κ3) is 2.74. The average molecular weight is 505 g/mol. The van der Waals surface area contributed by atoms with Crippen LogP contribution in [0.25, 0.3) is 0 Å². The lowest BCUT2D eigenvalue weighted by Crippen LogP contribution is -2.57. The number of benzene rings is 3. The van der Waals surface area contributed by atoms with E-state index in [0.29, 0.717) is 5.69 Å². The van der Waals surface area contributed by atoms with Gasteiger partial charge in [0.2, 0.25) is 17.7 Å². The molecule has 4 aliphatic rings. The van der Waals surface area contributed by atoms with E-state index in [1.54, 1.807) is 19.1 Å². The van der Waals surface area contributed by atoms with E-state index in [4.69, 9.17) is 23.2 Å². The van der Waals surface area contributed by atoms with Crippen LogP contribution >= 0.6 is 23.2 Å². The SMILES string of the molecule is Cc1ccc(NC(=O)[C@@H](C)N2C(=O)[C@@H]3[C@H](C2=O)C2(Cl)c4ccccc4C3(Cl)c3ccccc32)cc1. The first-order chi connectivity index (χ1) is 16.7. The number of amides is 3. The van der Waals surface area contributed by atoms with Gasteiger partial charge in [0.15, 0.2) is 0 Å². The maximum atomic E-state index is 13.9. The highest BCUT2D eigenvalue weighted by molar-refractivity contribution is 6.36. The molecule has 7 rings (SSSR count). The van der Waals surface area contributed by atoms with Crippen molar-refractivity contribution in [2.24, 2.45) is 11.8 Å². The molecule has 5 nitrogen and oxygen atoms in total. The molecule has 0 spiro atoms. The first-order valence-corrected chi connectivity index (χ1v) is 12.3. The second-order valence-electron chi connectivity index (χ2n) is 9.55. The van der Waals surface area contributed by atoms with Crippen LogP contribution in [0.15, 0.2) is 72.8 Å². The molecule has 1 heterocycles. The number of alkyl halides is 2. The van der Waals surface area contributed by atoms with Gasteiger partial charge in [0.1, 0.15) is 15.8 Å². The maximum Gasteiger partial charge on any atom is 0.247 e. The summed E-state index contributed by atoms with van der Waals surface area (Å²) in [5.41, 5.74) is 4.58. The van der Waals surface area contributed by atoms with Crippen LogP contribution in [0.2, 0.25) is 0 Å². The lowest BCUT2D eigenvalue weighted by atomic mass is 9.54. The van der Waals surface area contributed by atoms with Crippen molar-refractivity contribution in [2.75, 3.05) is 5.32 Å². The Bertz CT molecular complexity index is 1300. The van der Waals surface area contributed by atoms with Crippen LogP contribution in [0.1, 0.15) is 34.7 Å². The van der Waals surface area contributed by atoms with Crippen molar-refractivity contribution >= 4 is 46.6 Å². The van der Waals surface area contributed by atoms with Crippen molar-refractivity contribution in [3.63, 3.8) is 0 Å². The molecule has 176 valence electrons. The van der Waals surface area contributed by atoms with Gasteiger partial charge in [-0.15, -0.1) is 23.2 Å². The van der Waals surface area contributed by atoms with Gasteiger partial charge in [0.05, 0.1) is 11.8 Å². The molecule has 0 aromatic heterocycles. The standard InChI is InChI=1S/C28H22Cl2N2O3/c1-15-11-13-17(14-12-15)31-24(33)16(2)32-25(34)22-23(26(32)35)28(30)19-8-4-3-7-18(19)27(22,29)20-9-5-6-10-21(20)28/h3-14,16,22-23H,1-2H3,(H,31,33)/t16-,22-,23+,27?,28?/m1/s1. The number of imide groups is 1. The van der Waals surface area contributed by atoms with E-state index in [1.165, 1.54) is 0 Å². The molecule has 3 aliphatic carbocycles. The number of halogens is 2. The topological polar surface area (TPSA) is 66.5 Å². The monoisotopic (exact) mass is 504 g/mol. The van der Waals surface area contributed by atoms with Gasteiger partial charge in [-0.05, 0) is 48.2 Å². The molecule has 1 fully saturated rings. The van der Waals surface area contributed by atoms with E-state index in [1.807, 2.05) is 67.6 Å². The molecular weight excluding hydrogens is 483 g/mol. The second kappa shape index (κ2) is 7.42. The van der Waals surface area contributed by atoms with Gasteiger partial charge < -0.3 is 5.32 Å². The van der Waals surface area contributed by atoms with E-state index in [2.05, 4.69) is 5.32 Å². The molecule has 7 heteroatoms. The van der Waals surface area contributed by atoms with E-state index in [9.17, 15) is 14.4 Å². The van der Waals surface area contributed by atoms with Gasteiger partial charge in [-0.1, -0.05) is 66.2 Å². The zero-order valence-corrected chi connectivity index (χ0v) is 20.6. The number of likely N-dealkylation sites (tertiary alicyclic amines) is 1. The molecule has 1 aliphatic heterocycles. The summed E-state index contributed by atoms with van der Waals surface area (Å²) in [5.74, 6) is -3.25. The molecule has 1 saturated heterocycles. The van der Waals surface area contributed by atoms with Crippen molar-refractivity contribution in [3.8, 4) is 0 Å². The number of hydrogen-bond acceptors (Lipinski definition) is 3. The van der Waals surface area contributed by atoms with E-state index >= 15 is 0 Å². The third-order valence-corrected chi connectivity index (χ3v) is 8.99. The Morgan fingerprint density at radius 3 is 1.60 bits per heavy atom. The Labute approximate surface area is 213 Å². The lowest BCUT2D eigenvalue weighted by Gasteiger charge is -2.54. The van der Waals surface area contributed by atoms with Gasteiger partial charge in [0.25, 0.3) is 0 Å². The summed E-state index contributed by atoms with van der Waals surface area (Å²) in [6.07, 6.45) is 0. The minimum absolute atomic E-state index is 0.455. The number of anilines is 1. The highest BCUT2D eigenvalue weighted by Crippen LogP contribution is 2.69. The van der Waals surface area contributed by atoms with Crippen molar-refractivity contribution in [2.45, 2.75) is 29.6 Å². The van der Waals surface area contributed by atoms with Crippen molar-refractivity contribution in [1.82, 2.24) is 4.90 Å². The van der Waals surface area contributed by atoms with Crippen LogP contribution in [0.3, 0.4) is 0 Å². The van der Waals surface area contributed by atoms with Crippen LogP contribution in [0.4, 0.5) is 5.69 Å². The van der Waals surface area contributed by atoms with Crippen LogP contribution in [0, 0.1) is 18.8 Å². The summed E-state index contributed by atoms with van der Waals surface area (Å²) < 4.78 is 0. The van der Waals surface area contributed by atoms with E-state index < -0.39 is 45.3 Å². The zero-order chi connectivity index (χ0) is 24.7. The zero-order valence-electron chi connectivity index (χ0n) is 19.1. The number of nitrogens with zero attached hydrogens (tertiary/aromatic N) is 1. The first-order valence-electron chi connectivity index (χ1n) is 11.5. The minimum Gasteiger partial charge on any atom is -0.324 e. The average Bonchev–Trinajstić information content (AvgIpc) is 3.14. The molecule has 0 unspecified atom stereocenters. The lowest BCUT2D eigenvalue weighted by molar-refractivity contribution is -0.146. The minimum atomic E-state index is -1.26. The van der Waals surface area contributed by atoms with Crippen molar-refractivity contribution in [3.05, 3.63) is 101 Å². The molecule has 3 amide bonds. The fourth-order valence-corrected chi connectivity index (χ4v) is 7.17.